The molecule has 0 amide bonds. The van der Waals surface area contributed by atoms with Crippen LogP contribution in [0.4, 0.5) is 17.6 Å². The predicted molar refractivity (Wildman–Crippen MR) is 61.6 cm³/mol. The van der Waals surface area contributed by atoms with Crippen molar-refractivity contribution < 1.29 is 17.6 Å². The van der Waals surface area contributed by atoms with Crippen LogP contribution in [0.1, 0.15) is 11.1 Å². The third kappa shape index (κ3) is 3.20. The molecule has 0 aliphatic heterocycles. The van der Waals surface area contributed by atoms with Crippen molar-refractivity contribution in [3.05, 3.63) is 70.8 Å². The van der Waals surface area contributed by atoms with Crippen molar-refractivity contribution in [3.63, 3.8) is 0 Å². The van der Waals surface area contributed by atoms with Crippen molar-refractivity contribution in [1.29, 1.82) is 0 Å². The fraction of sp³-hybridized carbons (Fsp3) is 0. The quantitative estimate of drug-likeness (QED) is 0.548. The third-order valence-electron chi connectivity index (χ3n) is 2.24. The maximum Gasteiger partial charge on any atom is 0.126 e. The van der Waals surface area contributed by atoms with E-state index in [1.807, 2.05) is 0 Å². The molecule has 0 spiro atoms. The van der Waals surface area contributed by atoms with Crippen LogP contribution in [-0.4, -0.2) is 0 Å². The molecule has 2 aromatic carbocycles. The van der Waals surface area contributed by atoms with Crippen LogP contribution < -0.4 is 0 Å². The van der Waals surface area contributed by atoms with E-state index in [1.165, 1.54) is 12.2 Å². The van der Waals surface area contributed by atoms with Gasteiger partial charge in [0, 0.05) is 12.1 Å². The molecule has 0 aliphatic carbocycles. The lowest BCUT2D eigenvalue weighted by Crippen LogP contribution is -1.83. The fourth-order valence-electron chi connectivity index (χ4n) is 1.54. The van der Waals surface area contributed by atoms with E-state index >= 15 is 0 Å². The molecule has 0 unspecified atom stereocenters. The van der Waals surface area contributed by atoms with Crippen LogP contribution in [0.2, 0.25) is 0 Å². The molecule has 4 heteroatoms. The summed E-state index contributed by atoms with van der Waals surface area (Å²) in [5, 5.41) is 0. The summed E-state index contributed by atoms with van der Waals surface area (Å²) in [5.41, 5.74) is 0.550. The van der Waals surface area contributed by atoms with E-state index in [-0.39, 0.29) is 11.1 Å². The lowest BCUT2D eigenvalue weighted by molar-refractivity contribution is 0.581. The van der Waals surface area contributed by atoms with Crippen molar-refractivity contribution in [2.45, 2.75) is 0 Å². The van der Waals surface area contributed by atoms with E-state index < -0.39 is 23.3 Å². The molecule has 0 nitrogen and oxygen atoms in total. The second kappa shape index (κ2) is 5.04. The van der Waals surface area contributed by atoms with Gasteiger partial charge in [-0.2, -0.15) is 0 Å². The van der Waals surface area contributed by atoms with Gasteiger partial charge < -0.3 is 0 Å². The van der Waals surface area contributed by atoms with Crippen molar-refractivity contribution in [2.24, 2.45) is 0 Å². The van der Waals surface area contributed by atoms with E-state index in [2.05, 4.69) is 0 Å². The Kier molecular flexibility index (Phi) is 3.46. The normalized spacial score (nSPS) is 11.1. The highest BCUT2D eigenvalue weighted by Crippen LogP contribution is 2.14. The van der Waals surface area contributed by atoms with Gasteiger partial charge in [-0.25, -0.2) is 17.6 Å². The summed E-state index contributed by atoms with van der Waals surface area (Å²) in [6.45, 7) is 0. The van der Waals surface area contributed by atoms with Gasteiger partial charge in [-0.15, -0.1) is 0 Å². The van der Waals surface area contributed by atoms with Gasteiger partial charge in [0.15, 0.2) is 0 Å². The molecule has 92 valence electrons. The molecule has 0 N–H and O–H groups in total. The third-order valence-corrected chi connectivity index (χ3v) is 2.24. The average molecular weight is 252 g/mol. The minimum atomic E-state index is -0.708. The topological polar surface area (TPSA) is 0 Å². The predicted octanol–water partition coefficient (Wildman–Crippen LogP) is 4.41. The summed E-state index contributed by atoms with van der Waals surface area (Å²) >= 11 is 0. The molecule has 0 atom stereocenters. The standard InChI is InChI=1S/C14H8F4/c15-11-3-9(4-12(16)7-11)1-2-10-5-13(17)8-14(18)6-10/h1-8H/b2-1+. The second-order valence-electron chi connectivity index (χ2n) is 3.74. The largest absolute Gasteiger partial charge is 0.207 e. The van der Waals surface area contributed by atoms with Crippen molar-refractivity contribution in [1.82, 2.24) is 0 Å². The minimum absolute atomic E-state index is 0.275. The molecule has 0 radical (unpaired) electrons. The van der Waals surface area contributed by atoms with Crippen LogP contribution in [-0.2, 0) is 0 Å². The number of benzene rings is 2. The van der Waals surface area contributed by atoms with E-state index in [1.54, 1.807) is 0 Å². The van der Waals surface area contributed by atoms with Crippen molar-refractivity contribution in [2.75, 3.05) is 0 Å². The molecule has 0 aliphatic rings. The Morgan fingerprint density at radius 3 is 1.06 bits per heavy atom. The molecule has 0 saturated carbocycles. The molecule has 0 heterocycles. The first-order valence-corrected chi connectivity index (χ1v) is 5.13. The molecule has 0 saturated heterocycles. The zero-order valence-corrected chi connectivity index (χ0v) is 9.13. The fourth-order valence-corrected chi connectivity index (χ4v) is 1.54. The Hall–Kier alpha value is -2.10. The average Bonchev–Trinajstić information content (AvgIpc) is 2.23. The summed E-state index contributed by atoms with van der Waals surface area (Å²) in [6.07, 6.45) is 2.75. The van der Waals surface area contributed by atoms with Gasteiger partial charge in [-0.05, 0) is 35.4 Å². The van der Waals surface area contributed by atoms with Gasteiger partial charge in [0.25, 0.3) is 0 Å². The molecule has 2 aromatic rings. The number of hydrogen-bond acceptors (Lipinski definition) is 0. The molecule has 0 aromatic heterocycles. The SMILES string of the molecule is Fc1cc(F)cc(/C=C/c2cc(F)cc(F)c2)c1. The Bertz CT molecular complexity index is 509. The minimum Gasteiger partial charge on any atom is -0.207 e. The summed E-state index contributed by atoms with van der Waals surface area (Å²) in [7, 11) is 0. The van der Waals surface area contributed by atoms with Crippen LogP contribution >= 0.6 is 0 Å². The Morgan fingerprint density at radius 1 is 0.500 bits per heavy atom. The van der Waals surface area contributed by atoms with Crippen LogP contribution in [0.5, 0.6) is 0 Å². The Balaban J connectivity index is 2.29. The van der Waals surface area contributed by atoms with Gasteiger partial charge in [0.05, 0.1) is 0 Å². The van der Waals surface area contributed by atoms with Gasteiger partial charge in [-0.3, -0.25) is 0 Å². The smallest absolute Gasteiger partial charge is 0.126 e. The van der Waals surface area contributed by atoms with Gasteiger partial charge in [0.1, 0.15) is 23.3 Å². The van der Waals surface area contributed by atoms with Crippen molar-refractivity contribution in [3.8, 4) is 0 Å². The van der Waals surface area contributed by atoms with Gasteiger partial charge in [-0.1, -0.05) is 12.2 Å². The summed E-state index contributed by atoms with van der Waals surface area (Å²) < 4.78 is 51.6. The van der Waals surface area contributed by atoms with E-state index in [0.29, 0.717) is 0 Å². The maximum atomic E-state index is 12.9. The summed E-state index contributed by atoms with van der Waals surface area (Å²) in [5.74, 6) is -2.83. The Morgan fingerprint density at radius 2 is 0.778 bits per heavy atom. The maximum absolute atomic E-state index is 12.9. The van der Waals surface area contributed by atoms with Crippen LogP contribution in [0.3, 0.4) is 0 Å². The zero-order chi connectivity index (χ0) is 13.1. The molecule has 18 heavy (non-hydrogen) atoms. The monoisotopic (exact) mass is 252 g/mol. The number of halogens is 4. The van der Waals surface area contributed by atoms with Crippen molar-refractivity contribution >= 4 is 12.2 Å². The van der Waals surface area contributed by atoms with E-state index in [0.717, 1.165) is 36.4 Å². The first kappa shape index (κ1) is 12.4. The highest BCUT2D eigenvalue weighted by Gasteiger charge is 1.99. The first-order chi connectivity index (χ1) is 8.52. The molecular formula is C14H8F4. The lowest BCUT2D eigenvalue weighted by atomic mass is 10.1. The van der Waals surface area contributed by atoms with Gasteiger partial charge in [0.2, 0.25) is 0 Å². The second-order valence-corrected chi connectivity index (χ2v) is 3.74. The number of hydrogen-bond donors (Lipinski definition) is 0. The van der Waals surface area contributed by atoms with Crippen LogP contribution in [0.15, 0.2) is 36.4 Å². The first-order valence-electron chi connectivity index (χ1n) is 5.13. The highest BCUT2D eigenvalue weighted by molar-refractivity contribution is 5.69. The molecule has 2 rings (SSSR count). The van der Waals surface area contributed by atoms with Crippen LogP contribution in [0, 0.1) is 23.3 Å². The van der Waals surface area contributed by atoms with E-state index in [4.69, 9.17) is 0 Å². The molecular weight excluding hydrogens is 244 g/mol. The lowest BCUT2D eigenvalue weighted by Gasteiger charge is -1.97. The van der Waals surface area contributed by atoms with Crippen LogP contribution in [0.25, 0.3) is 12.2 Å². The molecule has 0 fully saturated rings. The Labute approximate surface area is 101 Å². The zero-order valence-electron chi connectivity index (χ0n) is 9.13. The van der Waals surface area contributed by atoms with E-state index in [9.17, 15) is 17.6 Å². The van der Waals surface area contributed by atoms with Gasteiger partial charge >= 0.3 is 0 Å². The molecule has 0 bridgehead atoms. The summed E-state index contributed by atoms with van der Waals surface area (Å²) in [4.78, 5) is 0. The number of rotatable bonds is 2. The summed E-state index contributed by atoms with van der Waals surface area (Å²) in [6, 6.07) is 5.98. The highest BCUT2D eigenvalue weighted by atomic mass is 19.1.